The van der Waals surface area contributed by atoms with Gasteiger partial charge in [0.05, 0.1) is 25.7 Å². The Labute approximate surface area is 167 Å². The number of methoxy groups -OCH3 is 2. The third kappa shape index (κ3) is 4.66. The van der Waals surface area contributed by atoms with Crippen molar-refractivity contribution in [3.8, 4) is 5.75 Å². The van der Waals surface area contributed by atoms with Gasteiger partial charge >= 0.3 is 0 Å². The summed E-state index contributed by atoms with van der Waals surface area (Å²) in [5.41, 5.74) is -1.08. The lowest BCUT2D eigenvalue weighted by atomic mass is 9.71. The number of hydrogen-bond acceptors (Lipinski definition) is 4. The fourth-order valence-corrected chi connectivity index (χ4v) is 4.61. The van der Waals surface area contributed by atoms with Gasteiger partial charge < -0.3 is 14.4 Å². The zero-order valence-electron chi connectivity index (χ0n) is 16.6. The molecule has 3 rings (SSSR count). The Hall–Kier alpha value is -1.87. The van der Waals surface area contributed by atoms with E-state index in [0.29, 0.717) is 38.6 Å². The summed E-state index contributed by atoms with van der Waals surface area (Å²) in [6.45, 7) is 0.583. The normalized spacial score (nSPS) is 24.9. The van der Waals surface area contributed by atoms with Gasteiger partial charge in [-0.1, -0.05) is 0 Å². The number of ether oxygens (including phenoxy) is 2. The number of benzene rings is 1. The van der Waals surface area contributed by atoms with Gasteiger partial charge in [-0.3, -0.25) is 9.69 Å². The molecule has 0 radical (unpaired) electrons. The van der Waals surface area contributed by atoms with Crippen LogP contribution in [0.2, 0.25) is 0 Å². The molecule has 9 heteroatoms. The van der Waals surface area contributed by atoms with Crippen LogP contribution in [0.4, 0.5) is 17.6 Å². The van der Waals surface area contributed by atoms with Gasteiger partial charge in [0.15, 0.2) is 11.6 Å². The third-order valence-electron chi connectivity index (χ3n) is 5.65. The Morgan fingerprint density at radius 2 is 1.93 bits per heavy atom. The second-order valence-corrected chi connectivity index (χ2v) is 7.93. The molecule has 0 saturated carbocycles. The molecule has 1 aromatic rings. The van der Waals surface area contributed by atoms with Gasteiger partial charge in [0.1, 0.15) is 5.82 Å². The highest BCUT2D eigenvalue weighted by Crippen LogP contribution is 2.45. The zero-order valence-corrected chi connectivity index (χ0v) is 16.6. The van der Waals surface area contributed by atoms with Crippen molar-refractivity contribution in [2.75, 3.05) is 47.0 Å². The van der Waals surface area contributed by atoms with Crippen LogP contribution in [-0.4, -0.2) is 68.6 Å². The summed E-state index contributed by atoms with van der Waals surface area (Å²) >= 11 is 0. The quantitative estimate of drug-likeness (QED) is 0.666. The van der Waals surface area contributed by atoms with E-state index in [1.54, 1.807) is 4.90 Å². The largest absolute Gasteiger partial charge is 0.493 e. The molecule has 1 spiro atoms. The summed E-state index contributed by atoms with van der Waals surface area (Å²) in [6, 6.07) is 1.77. The second kappa shape index (κ2) is 8.47. The average Bonchev–Trinajstić information content (AvgIpc) is 2.61. The van der Waals surface area contributed by atoms with Crippen LogP contribution < -0.4 is 4.74 Å². The number of carbonyl (C=O) groups is 1. The molecule has 0 bridgehead atoms. The predicted molar refractivity (Wildman–Crippen MR) is 97.9 cm³/mol. The van der Waals surface area contributed by atoms with Crippen LogP contribution in [0, 0.1) is 17.0 Å². The minimum atomic E-state index is -3.09. The smallest absolute Gasteiger partial charge is 0.261 e. The van der Waals surface area contributed by atoms with Crippen molar-refractivity contribution in [1.29, 1.82) is 0 Å². The van der Waals surface area contributed by atoms with Crippen molar-refractivity contribution >= 4 is 5.91 Å². The molecule has 162 valence electrons. The molecule has 1 atom stereocenters. The predicted octanol–water partition coefficient (Wildman–Crippen LogP) is 3.07. The third-order valence-corrected chi connectivity index (χ3v) is 5.65. The number of piperidine rings is 2. The van der Waals surface area contributed by atoms with Gasteiger partial charge in [-0.15, -0.1) is 0 Å². The van der Waals surface area contributed by atoms with E-state index in [9.17, 15) is 22.4 Å². The van der Waals surface area contributed by atoms with Crippen molar-refractivity contribution < 1.29 is 31.8 Å². The van der Waals surface area contributed by atoms with E-state index >= 15 is 0 Å². The Bertz CT molecular complexity index is 761. The number of amides is 1. The molecule has 0 aromatic heterocycles. The molecule has 2 aliphatic rings. The number of halogens is 4. The van der Waals surface area contributed by atoms with Crippen LogP contribution >= 0.6 is 0 Å². The van der Waals surface area contributed by atoms with Gasteiger partial charge in [0.25, 0.3) is 5.92 Å². The molecule has 5 nitrogen and oxygen atoms in total. The molecule has 1 amide bonds. The maximum absolute atomic E-state index is 14.7. The Balaban J connectivity index is 1.86. The standard InChI is InChI=1S/C20H26F4N2O3/c1-28-7-6-26-5-3-4-19(18(26)27)11-20(23,24)13-25(12-19)10-14-8-15(21)9-16(22)17(14)29-2/h8-9H,3-7,10-13H2,1-2H3/t19-/m0/s1. The molecule has 2 heterocycles. The molecule has 0 aliphatic carbocycles. The molecular formula is C20H26F4N2O3. The van der Waals surface area contributed by atoms with Crippen molar-refractivity contribution in [3.05, 3.63) is 29.3 Å². The maximum atomic E-state index is 14.7. The first-order chi connectivity index (χ1) is 13.7. The fraction of sp³-hybridized carbons (Fsp3) is 0.650. The highest BCUT2D eigenvalue weighted by atomic mass is 19.3. The van der Waals surface area contributed by atoms with Crippen LogP contribution in [0.25, 0.3) is 0 Å². The van der Waals surface area contributed by atoms with E-state index in [0.717, 1.165) is 6.07 Å². The first-order valence-electron chi connectivity index (χ1n) is 9.60. The Morgan fingerprint density at radius 1 is 1.17 bits per heavy atom. The molecule has 2 fully saturated rings. The summed E-state index contributed by atoms with van der Waals surface area (Å²) in [4.78, 5) is 16.1. The second-order valence-electron chi connectivity index (χ2n) is 7.93. The van der Waals surface area contributed by atoms with E-state index in [1.165, 1.54) is 19.1 Å². The van der Waals surface area contributed by atoms with Gasteiger partial charge in [-0.05, 0) is 18.9 Å². The van der Waals surface area contributed by atoms with E-state index in [1.807, 2.05) is 0 Å². The van der Waals surface area contributed by atoms with Gasteiger partial charge in [0.2, 0.25) is 5.91 Å². The lowest BCUT2D eigenvalue weighted by Gasteiger charge is -2.49. The molecule has 0 unspecified atom stereocenters. The minimum absolute atomic E-state index is 0.103. The highest BCUT2D eigenvalue weighted by Gasteiger charge is 2.55. The molecule has 0 N–H and O–H groups in total. The number of nitrogens with zero attached hydrogens (tertiary/aromatic N) is 2. The monoisotopic (exact) mass is 418 g/mol. The molecule has 1 aromatic carbocycles. The topological polar surface area (TPSA) is 42.0 Å². The van der Waals surface area contributed by atoms with Crippen molar-refractivity contribution in [2.45, 2.75) is 31.7 Å². The van der Waals surface area contributed by atoms with Crippen molar-refractivity contribution in [1.82, 2.24) is 9.80 Å². The maximum Gasteiger partial charge on any atom is 0.261 e. The van der Waals surface area contributed by atoms with Gasteiger partial charge in [-0.2, -0.15) is 0 Å². The molecular weight excluding hydrogens is 392 g/mol. The SMILES string of the molecule is COCCN1CCC[C@]2(CN(Cc3cc(F)cc(F)c3OC)CC(F)(F)C2)C1=O. The number of carbonyl (C=O) groups excluding carboxylic acids is 1. The molecule has 2 aliphatic heterocycles. The number of hydrogen-bond donors (Lipinski definition) is 0. The first-order valence-corrected chi connectivity index (χ1v) is 9.60. The van der Waals surface area contributed by atoms with Crippen molar-refractivity contribution in [2.24, 2.45) is 5.41 Å². The Morgan fingerprint density at radius 3 is 2.62 bits per heavy atom. The van der Waals surface area contributed by atoms with Crippen LogP contribution in [0.1, 0.15) is 24.8 Å². The lowest BCUT2D eigenvalue weighted by Crippen LogP contribution is -2.61. The van der Waals surface area contributed by atoms with E-state index in [4.69, 9.17) is 9.47 Å². The summed E-state index contributed by atoms with van der Waals surface area (Å²) < 4.78 is 67.0. The van der Waals surface area contributed by atoms with Gasteiger partial charge in [0, 0.05) is 51.3 Å². The summed E-state index contributed by atoms with van der Waals surface area (Å²) in [6.07, 6.45) is 0.459. The van der Waals surface area contributed by atoms with Crippen LogP contribution in [-0.2, 0) is 16.1 Å². The minimum Gasteiger partial charge on any atom is -0.493 e. The highest BCUT2D eigenvalue weighted by molar-refractivity contribution is 5.84. The fourth-order valence-electron chi connectivity index (χ4n) is 4.61. The number of likely N-dealkylation sites (tertiary alicyclic amines) is 2. The molecule has 2 saturated heterocycles. The van der Waals surface area contributed by atoms with E-state index < -0.39 is 35.9 Å². The van der Waals surface area contributed by atoms with Crippen LogP contribution in [0.5, 0.6) is 5.75 Å². The van der Waals surface area contributed by atoms with Crippen LogP contribution in [0.15, 0.2) is 12.1 Å². The summed E-state index contributed by atoms with van der Waals surface area (Å²) in [5.74, 6) is -5.26. The number of alkyl halides is 2. The molecule has 29 heavy (non-hydrogen) atoms. The average molecular weight is 418 g/mol. The Kier molecular flexibility index (Phi) is 6.38. The number of rotatable bonds is 6. The van der Waals surface area contributed by atoms with Crippen LogP contribution in [0.3, 0.4) is 0 Å². The zero-order chi connectivity index (χ0) is 21.2. The summed E-state index contributed by atoms with van der Waals surface area (Å²) in [5, 5.41) is 0. The lowest BCUT2D eigenvalue weighted by molar-refractivity contribution is -0.170. The van der Waals surface area contributed by atoms with Crippen molar-refractivity contribution in [3.63, 3.8) is 0 Å². The van der Waals surface area contributed by atoms with Gasteiger partial charge in [-0.25, -0.2) is 17.6 Å². The summed E-state index contributed by atoms with van der Waals surface area (Å²) in [7, 11) is 2.76. The first kappa shape index (κ1) is 21.8. The van der Waals surface area contributed by atoms with E-state index in [2.05, 4.69) is 0 Å². The van der Waals surface area contributed by atoms with E-state index in [-0.39, 0.29) is 30.3 Å².